The van der Waals surface area contributed by atoms with Crippen molar-refractivity contribution in [3.8, 4) is 56.5 Å². The third-order valence-corrected chi connectivity index (χ3v) is 24.2. The second-order valence-corrected chi connectivity index (χ2v) is 36.6. The number of para-hydroxylation sites is 3. The van der Waals surface area contributed by atoms with Crippen LogP contribution in [0, 0.1) is 11.3 Å². The molecule has 5 heterocycles. The maximum atomic E-state index is 10.5. The number of fused-ring (bicyclic) bond motifs is 13. The number of hydrogen-bond donors (Lipinski definition) is 0. The van der Waals surface area contributed by atoms with Gasteiger partial charge >= 0.3 is 0 Å². The van der Waals surface area contributed by atoms with Crippen molar-refractivity contribution in [1.82, 2.24) is 13.7 Å². The van der Waals surface area contributed by atoms with Gasteiger partial charge in [-0.15, -0.1) is 0 Å². The molecule has 3 aromatic heterocycles. The zero-order valence-electron chi connectivity index (χ0n) is 67.0. The van der Waals surface area contributed by atoms with Crippen LogP contribution >= 0.6 is 0 Å². The molecule has 1 unspecified atom stereocenters. The molecule has 548 valence electrons. The van der Waals surface area contributed by atoms with Crippen LogP contribution in [0.15, 0.2) is 291 Å². The third-order valence-electron chi connectivity index (χ3n) is 24.2. The smallest absolute Gasteiger partial charge is 0.0991 e. The van der Waals surface area contributed by atoms with Crippen LogP contribution in [0.2, 0.25) is 0 Å². The Morgan fingerprint density at radius 2 is 0.688 bits per heavy atom. The van der Waals surface area contributed by atoms with Crippen molar-refractivity contribution in [2.45, 2.75) is 137 Å². The normalized spacial score (nSPS) is 13.9. The Kier molecular flexibility index (Phi) is 15.8. The number of benzene rings is 14. The monoisotopic (exact) mass is 1450 g/mol. The van der Waals surface area contributed by atoms with Gasteiger partial charge in [-0.1, -0.05) is 268 Å². The van der Waals surface area contributed by atoms with Crippen molar-refractivity contribution in [2.24, 2.45) is 0 Å². The molecule has 1 atom stereocenters. The van der Waals surface area contributed by atoms with E-state index in [9.17, 15) is 5.26 Å². The van der Waals surface area contributed by atoms with Crippen molar-refractivity contribution >= 4 is 99.5 Å². The maximum absolute atomic E-state index is 10.5. The Bertz CT molecular complexity index is 6640. The lowest BCUT2D eigenvalue weighted by molar-refractivity contribution is 0.589. The molecular weight excluding hydrogens is 1360 g/mol. The fourth-order valence-electron chi connectivity index (χ4n) is 18.1. The topological polar surface area (TPSA) is 45.1 Å². The van der Waals surface area contributed by atoms with Crippen molar-refractivity contribution in [2.75, 3.05) is 9.80 Å². The molecule has 19 rings (SSSR count). The van der Waals surface area contributed by atoms with E-state index in [0.717, 1.165) is 123 Å². The molecule has 6 nitrogen and oxygen atoms in total. The van der Waals surface area contributed by atoms with E-state index in [0.29, 0.717) is 5.56 Å². The number of nitriles is 1. The highest BCUT2D eigenvalue weighted by Crippen LogP contribution is 2.63. The minimum atomic E-state index is -0.332. The van der Waals surface area contributed by atoms with Crippen molar-refractivity contribution < 1.29 is 0 Å². The van der Waals surface area contributed by atoms with Gasteiger partial charge in [0.2, 0.25) is 0 Å². The van der Waals surface area contributed by atoms with Crippen LogP contribution in [0.25, 0.3) is 116 Å². The molecule has 0 saturated heterocycles. The van der Waals surface area contributed by atoms with Crippen molar-refractivity contribution in [3.63, 3.8) is 0 Å². The van der Waals surface area contributed by atoms with E-state index in [1.807, 2.05) is 6.07 Å². The Labute approximate surface area is 658 Å². The van der Waals surface area contributed by atoms with Crippen LogP contribution in [0.1, 0.15) is 160 Å². The number of aromatic nitrogens is 3. The quantitative estimate of drug-likeness (QED) is 0.152. The molecule has 0 aliphatic carbocycles. The maximum Gasteiger partial charge on any atom is 0.0991 e. The largest absolute Gasteiger partial charge is 0.310 e. The summed E-state index contributed by atoms with van der Waals surface area (Å²) in [6.07, 6.45) is 0. The van der Waals surface area contributed by atoms with Crippen LogP contribution in [0.3, 0.4) is 0 Å². The zero-order chi connectivity index (χ0) is 77.4. The molecule has 0 saturated carbocycles. The van der Waals surface area contributed by atoms with E-state index in [1.165, 1.54) is 71.9 Å². The lowest BCUT2D eigenvalue weighted by Crippen LogP contribution is -2.30. The van der Waals surface area contributed by atoms with E-state index in [1.54, 1.807) is 0 Å². The summed E-state index contributed by atoms with van der Waals surface area (Å²) in [5, 5.41) is 17.5. The van der Waals surface area contributed by atoms with E-state index >= 15 is 0 Å². The number of rotatable bonds is 8. The summed E-state index contributed by atoms with van der Waals surface area (Å²) in [6.45, 7) is 34.9. The van der Waals surface area contributed by atoms with Gasteiger partial charge < -0.3 is 23.5 Å². The van der Waals surface area contributed by atoms with Crippen LogP contribution in [-0.4, -0.2) is 13.7 Å². The average molecular weight is 1450 g/mol. The highest BCUT2D eigenvalue weighted by Gasteiger charge is 2.44. The molecular formula is C106H94N6. The van der Waals surface area contributed by atoms with E-state index in [-0.39, 0.29) is 33.0 Å². The molecule has 2 aliphatic rings. The molecule has 17 aromatic rings. The molecule has 0 spiro atoms. The van der Waals surface area contributed by atoms with Gasteiger partial charge in [-0.2, -0.15) is 5.26 Å². The summed E-state index contributed by atoms with van der Waals surface area (Å²) >= 11 is 0. The SMILES string of the molecule is CC(C)(C)c1cccc(-c2ccc3c(c2)N(c2cccc4c5cccc(-n6c7ccc(C#N)cc7c7cc(C(C)(C)C)ccc76)c5n(-c5ccccc5)c24)c2cc(C(C)(C)C)cc4c2C3c2ccc(-n3c5ccc(C(C)(C)C)cc5c5cc(C(C)(C)C)ccc53)cc2N4c2cc(-c3ccccc3)cc(-c3ccccc3)c2)c1. The molecule has 0 N–H and O–H groups in total. The van der Waals surface area contributed by atoms with Gasteiger partial charge in [0.05, 0.1) is 78.9 Å². The molecule has 2 aliphatic heterocycles. The first-order valence-corrected chi connectivity index (χ1v) is 39.8. The lowest BCUT2D eigenvalue weighted by Gasteiger charge is -2.46. The van der Waals surface area contributed by atoms with Gasteiger partial charge in [0.15, 0.2) is 0 Å². The third kappa shape index (κ3) is 11.3. The summed E-state index contributed by atoms with van der Waals surface area (Å²) in [5.41, 5.74) is 33.6. The zero-order valence-corrected chi connectivity index (χ0v) is 67.0. The molecule has 0 bridgehead atoms. The summed E-state index contributed by atoms with van der Waals surface area (Å²) in [7, 11) is 0. The van der Waals surface area contributed by atoms with Crippen molar-refractivity contribution in [1.29, 1.82) is 5.26 Å². The second kappa shape index (κ2) is 25.3. The first-order chi connectivity index (χ1) is 53.7. The second-order valence-electron chi connectivity index (χ2n) is 36.6. The minimum absolute atomic E-state index is 0.0574. The molecule has 14 aromatic carbocycles. The van der Waals surface area contributed by atoms with Gasteiger partial charge in [0, 0.05) is 60.9 Å². The van der Waals surface area contributed by atoms with Gasteiger partial charge in [-0.3, -0.25) is 0 Å². The molecule has 6 heteroatoms. The van der Waals surface area contributed by atoms with Crippen LogP contribution in [0.5, 0.6) is 0 Å². The average Bonchev–Trinajstić information content (AvgIpc) is 0.983. The Hall–Kier alpha value is -12.4. The number of nitrogens with zero attached hydrogens (tertiary/aromatic N) is 6. The predicted octanol–water partition coefficient (Wildman–Crippen LogP) is 29.1. The Morgan fingerprint density at radius 3 is 1.22 bits per heavy atom. The summed E-state index contributed by atoms with van der Waals surface area (Å²) in [5.74, 6) is -0.227. The van der Waals surface area contributed by atoms with E-state index in [4.69, 9.17) is 0 Å². The Balaban J connectivity index is 0.946. The first-order valence-electron chi connectivity index (χ1n) is 39.8. The fourth-order valence-corrected chi connectivity index (χ4v) is 18.1. The van der Waals surface area contributed by atoms with Gasteiger partial charge in [-0.05, 0) is 227 Å². The molecule has 0 amide bonds. The van der Waals surface area contributed by atoms with E-state index < -0.39 is 0 Å². The van der Waals surface area contributed by atoms with Crippen LogP contribution in [-0.2, 0) is 27.1 Å². The predicted molar refractivity (Wildman–Crippen MR) is 474 cm³/mol. The van der Waals surface area contributed by atoms with Crippen LogP contribution in [0.4, 0.5) is 34.1 Å². The standard InChI is InChI=1S/C106H94N6/c1-102(2,3)72-33-25-32-68(54-72)69-41-46-82-94(57-69)112(93-39-27-37-81-80-36-26-38-92(100(80)110(101(81)93)77-34-23-18-24-35-77)111-90-48-40-65(64-107)52-84(90)85-58-75(105(10,11)12)44-51-91(85)111)97-62-76(106(13,14)15)61-96-99(97)98(82)83-47-45-78(108-88-49-42-73(103(4,5)6)59-86(88)87-60-74(104(7,8)9)43-50-89(87)108)63-95(83)109(96)79-55-70(66-28-19-16-20-29-66)53-71(56-79)67-30-21-17-22-31-67/h16-63,98H,1-15H3. The fraction of sp³-hybridized carbons (Fsp3) is 0.198. The molecule has 0 fully saturated rings. The molecule has 0 radical (unpaired) electrons. The van der Waals surface area contributed by atoms with Gasteiger partial charge in [0.1, 0.15) is 0 Å². The van der Waals surface area contributed by atoms with E-state index in [2.05, 4.69) is 419 Å². The van der Waals surface area contributed by atoms with Gasteiger partial charge in [0.25, 0.3) is 0 Å². The molecule has 112 heavy (non-hydrogen) atoms. The highest BCUT2D eigenvalue weighted by molar-refractivity contribution is 6.19. The number of anilines is 6. The lowest BCUT2D eigenvalue weighted by atomic mass is 9.73. The number of hydrogen-bond acceptors (Lipinski definition) is 3. The Morgan fingerprint density at radius 1 is 0.250 bits per heavy atom. The summed E-state index contributed by atoms with van der Waals surface area (Å²) in [4.78, 5) is 5.34. The van der Waals surface area contributed by atoms with Gasteiger partial charge in [-0.25, -0.2) is 0 Å². The highest BCUT2D eigenvalue weighted by atomic mass is 15.2. The van der Waals surface area contributed by atoms with Crippen LogP contribution < -0.4 is 9.80 Å². The summed E-state index contributed by atoms with van der Waals surface area (Å²) in [6, 6.07) is 113. The first kappa shape index (κ1) is 70.0. The minimum Gasteiger partial charge on any atom is -0.310 e. The van der Waals surface area contributed by atoms with Crippen molar-refractivity contribution in [3.05, 3.63) is 341 Å². The summed E-state index contributed by atoms with van der Waals surface area (Å²) < 4.78 is 7.57.